The number of H-pyrrole nitrogens is 1. The molecule has 1 aromatic heterocycles. The maximum atomic E-state index is 12.2. The lowest BCUT2D eigenvalue weighted by atomic mass is 9.94. The van der Waals surface area contributed by atoms with Crippen LogP contribution in [0.2, 0.25) is 0 Å². The Balaban J connectivity index is 1.65. The molecule has 3 N–H and O–H groups in total. The maximum Gasteiger partial charge on any atom is 0.326 e. The lowest BCUT2D eigenvalue weighted by molar-refractivity contribution is -0.123. The van der Waals surface area contributed by atoms with Crippen LogP contribution in [0.3, 0.4) is 0 Å². The zero-order chi connectivity index (χ0) is 16.3. The summed E-state index contributed by atoms with van der Waals surface area (Å²) in [5, 5.41) is 13.4. The molecule has 1 aliphatic rings. The van der Waals surface area contributed by atoms with Gasteiger partial charge in [0, 0.05) is 6.54 Å². The smallest absolute Gasteiger partial charge is 0.326 e. The molecule has 1 fully saturated rings. The number of carbonyl (C=O) groups is 1. The van der Waals surface area contributed by atoms with Crippen LogP contribution in [0.1, 0.15) is 38.5 Å². The number of nitrogens with one attached hydrogen (secondary N) is 2. The van der Waals surface area contributed by atoms with Crippen molar-refractivity contribution in [3.8, 4) is 0 Å². The highest BCUT2D eigenvalue weighted by Crippen LogP contribution is 2.26. The van der Waals surface area contributed by atoms with Gasteiger partial charge in [0.2, 0.25) is 5.91 Å². The van der Waals surface area contributed by atoms with E-state index in [1.54, 1.807) is 12.1 Å². The van der Waals surface area contributed by atoms with Crippen LogP contribution in [0.25, 0.3) is 11.0 Å². The van der Waals surface area contributed by atoms with Gasteiger partial charge in [-0.05, 0) is 25.0 Å². The molecule has 0 atom stereocenters. The van der Waals surface area contributed by atoms with E-state index < -0.39 is 5.60 Å². The SMILES string of the molecule is O=C(Cn1c(=O)[nH]c2ccccc21)NCC1(O)CCCCCC1. The Morgan fingerprint density at radius 1 is 1.22 bits per heavy atom. The monoisotopic (exact) mass is 317 g/mol. The molecular weight excluding hydrogens is 294 g/mol. The minimum atomic E-state index is -0.808. The summed E-state index contributed by atoms with van der Waals surface area (Å²) < 4.78 is 1.42. The first kappa shape index (κ1) is 15.8. The number of benzene rings is 1. The van der Waals surface area contributed by atoms with Crippen LogP contribution in [0, 0.1) is 0 Å². The molecule has 0 unspecified atom stereocenters. The standard InChI is InChI=1S/C17H23N3O3/c21-15(18-12-17(23)9-5-1-2-6-10-17)11-20-14-8-4-3-7-13(14)19-16(20)22/h3-4,7-8,23H,1-2,5-6,9-12H2,(H,18,21)(H,19,22). The molecule has 3 rings (SSSR count). The van der Waals surface area contributed by atoms with Crippen molar-refractivity contribution in [2.45, 2.75) is 50.7 Å². The summed E-state index contributed by atoms with van der Waals surface area (Å²) in [7, 11) is 0. The Labute approximate surface area is 134 Å². The Morgan fingerprint density at radius 3 is 2.65 bits per heavy atom. The zero-order valence-corrected chi connectivity index (χ0v) is 13.2. The van der Waals surface area contributed by atoms with E-state index in [1.165, 1.54) is 4.57 Å². The van der Waals surface area contributed by atoms with Crippen molar-refractivity contribution >= 4 is 16.9 Å². The molecule has 1 amide bonds. The van der Waals surface area contributed by atoms with E-state index >= 15 is 0 Å². The second-order valence-corrected chi connectivity index (χ2v) is 6.45. The average Bonchev–Trinajstić information content (AvgIpc) is 2.71. The third-order valence-corrected chi connectivity index (χ3v) is 4.63. The minimum absolute atomic E-state index is 0.0427. The van der Waals surface area contributed by atoms with E-state index in [2.05, 4.69) is 10.3 Å². The molecule has 0 aliphatic heterocycles. The summed E-state index contributed by atoms with van der Waals surface area (Å²) in [6.07, 6.45) is 5.71. The Hall–Kier alpha value is -2.08. The summed E-state index contributed by atoms with van der Waals surface area (Å²) in [6, 6.07) is 7.28. The first-order chi connectivity index (χ1) is 11.1. The number of hydrogen-bond acceptors (Lipinski definition) is 3. The number of aromatic nitrogens is 2. The fourth-order valence-corrected chi connectivity index (χ4v) is 3.29. The number of aromatic amines is 1. The molecule has 0 radical (unpaired) electrons. The highest BCUT2D eigenvalue weighted by atomic mass is 16.3. The van der Waals surface area contributed by atoms with E-state index in [0.717, 1.165) is 38.5 Å². The average molecular weight is 317 g/mol. The van der Waals surface area contributed by atoms with Gasteiger partial charge in [0.25, 0.3) is 0 Å². The second kappa shape index (κ2) is 6.58. The van der Waals surface area contributed by atoms with E-state index in [1.807, 2.05) is 12.1 Å². The Morgan fingerprint density at radius 2 is 1.91 bits per heavy atom. The highest BCUT2D eigenvalue weighted by molar-refractivity contribution is 5.80. The van der Waals surface area contributed by atoms with Crippen molar-refractivity contribution in [1.29, 1.82) is 0 Å². The van der Waals surface area contributed by atoms with Gasteiger partial charge in [0.15, 0.2) is 0 Å². The van der Waals surface area contributed by atoms with Gasteiger partial charge in [-0.3, -0.25) is 9.36 Å². The molecule has 0 bridgehead atoms. The zero-order valence-electron chi connectivity index (χ0n) is 13.2. The van der Waals surface area contributed by atoms with Crippen molar-refractivity contribution in [3.05, 3.63) is 34.7 Å². The van der Waals surface area contributed by atoms with Gasteiger partial charge in [-0.1, -0.05) is 37.8 Å². The quantitative estimate of drug-likeness (QED) is 0.747. The normalized spacial score (nSPS) is 17.8. The number of hydrogen-bond donors (Lipinski definition) is 3. The molecule has 23 heavy (non-hydrogen) atoms. The molecule has 1 saturated carbocycles. The molecule has 0 saturated heterocycles. The molecule has 0 spiro atoms. The number of nitrogens with zero attached hydrogens (tertiary/aromatic N) is 1. The van der Waals surface area contributed by atoms with Gasteiger partial charge in [0.1, 0.15) is 6.54 Å². The van der Waals surface area contributed by atoms with Crippen LogP contribution >= 0.6 is 0 Å². The molecule has 1 aromatic carbocycles. The number of imidazole rings is 1. The van der Waals surface area contributed by atoms with E-state index in [-0.39, 0.29) is 24.7 Å². The summed E-state index contributed by atoms with van der Waals surface area (Å²) >= 11 is 0. The first-order valence-electron chi connectivity index (χ1n) is 8.24. The number of aliphatic hydroxyl groups is 1. The van der Waals surface area contributed by atoms with Crippen molar-refractivity contribution in [2.75, 3.05) is 6.54 Å². The summed E-state index contributed by atoms with van der Waals surface area (Å²) in [5.41, 5.74) is 0.320. The fourth-order valence-electron chi connectivity index (χ4n) is 3.29. The van der Waals surface area contributed by atoms with Crippen molar-refractivity contribution in [1.82, 2.24) is 14.9 Å². The van der Waals surface area contributed by atoms with Crippen molar-refractivity contribution in [3.63, 3.8) is 0 Å². The molecule has 6 nitrogen and oxygen atoms in total. The largest absolute Gasteiger partial charge is 0.388 e. The van der Waals surface area contributed by atoms with Gasteiger partial charge in [-0.25, -0.2) is 4.79 Å². The Bertz CT molecular complexity index is 739. The van der Waals surface area contributed by atoms with Gasteiger partial charge < -0.3 is 15.4 Å². The van der Waals surface area contributed by atoms with Crippen LogP contribution in [0.5, 0.6) is 0 Å². The van der Waals surface area contributed by atoms with Gasteiger partial charge in [0.05, 0.1) is 16.6 Å². The molecule has 1 heterocycles. The summed E-state index contributed by atoms with van der Waals surface area (Å²) in [5.74, 6) is -0.255. The van der Waals surface area contributed by atoms with Crippen LogP contribution in [-0.2, 0) is 11.3 Å². The van der Waals surface area contributed by atoms with Crippen LogP contribution in [0.15, 0.2) is 29.1 Å². The van der Waals surface area contributed by atoms with Gasteiger partial charge in [-0.2, -0.15) is 0 Å². The van der Waals surface area contributed by atoms with E-state index in [4.69, 9.17) is 0 Å². The maximum absolute atomic E-state index is 12.2. The number of carbonyl (C=O) groups excluding carboxylic acids is 1. The number of para-hydroxylation sites is 2. The third kappa shape index (κ3) is 3.64. The molecular formula is C17H23N3O3. The van der Waals surface area contributed by atoms with Crippen molar-refractivity contribution < 1.29 is 9.90 Å². The summed E-state index contributed by atoms with van der Waals surface area (Å²) in [4.78, 5) is 26.9. The van der Waals surface area contributed by atoms with Crippen LogP contribution < -0.4 is 11.0 Å². The Kier molecular flexibility index (Phi) is 4.52. The number of amides is 1. The van der Waals surface area contributed by atoms with Gasteiger partial charge >= 0.3 is 5.69 Å². The van der Waals surface area contributed by atoms with E-state index in [9.17, 15) is 14.7 Å². The number of rotatable bonds is 4. The lowest BCUT2D eigenvalue weighted by Gasteiger charge is -2.26. The second-order valence-electron chi connectivity index (χ2n) is 6.45. The molecule has 124 valence electrons. The summed E-state index contributed by atoms with van der Waals surface area (Å²) in [6.45, 7) is 0.210. The molecule has 6 heteroatoms. The fraction of sp³-hybridized carbons (Fsp3) is 0.529. The predicted octanol–water partition coefficient (Wildman–Crippen LogP) is 1.53. The van der Waals surface area contributed by atoms with Crippen molar-refractivity contribution in [2.24, 2.45) is 0 Å². The lowest BCUT2D eigenvalue weighted by Crippen LogP contribution is -2.44. The first-order valence-corrected chi connectivity index (χ1v) is 8.24. The molecule has 2 aromatic rings. The third-order valence-electron chi connectivity index (χ3n) is 4.63. The van der Waals surface area contributed by atoms with Crippen LogP contribution in [-0.4, -0.2) is 32.7 Å². The number of fused-ring (bicyclic) bond motifs is 1. The highest BCUT2D eigenvalue weighted by Gasteiger charge is 2.28. The topological polar surface area (TPSA) is 87.1 Å². The predicted molar refractivity (Wildman–Crippen MR) is 88.2 cm³/mol. The van der Waals surface area contributed by atoms with E-state index in [0.29, 0.717) is 11.0 Å². The molecule has 1 aliphatic carbocycles. The van der Waals surface area contributed by atoms with Gasteiger partial charge in [-0.15, -0.1) is 0 Å². The van der Waals surface area contributed by atoms with Crippen LogP contribution in [0.4, 0.5) is 0 Å². The minimum Gasteiger partial charge on any atom is -0.388 e.